The van der Waals surface area contributed by atoms with Gasteiger partial charge in [0.1, 0.15) is 25.7 Å². The first-order valence-corrected chi connectivity index (χ1v) is 13.8. The van der Waals surface area contributed by atoms with E-state index in [0.717, 1.165) is 11.3 Å². The van der Waals surface area contributed by atoms with Crippen LogP contribution in [-0.2, 0) is 70.3 Å². The summed E-state index contributed by atoms with van der Waals surface area (Å²) in [5, 5.41) is 13.0. The highest BCUT2D eigenvalue weighted by molar-refractivity contribution is 5.90. The fourth-order valence-corrected chi connectivity index (χ4v) is 3.68. The maximum atomic E-state index is 12.9. The van der Waals surface area contributed by atoms with E-state index in [9.17, 15) is 38.4 Å². The molecule has 0 saturated carbocycles. The molecule has 1 unspecified atom stereocenters. The smallest absolute Gasteiger partial charge is 0.329 e. The summed E-state index contributed by atoms with van der Waals surface area (Å²) >= 11 is 0. The molecule has 0 bridgehead atoms. The van der Waals surface area contributed by atoms with E-state index in [-0.39, 0.29) is 6.42 Å². The number of aromatic nitrogens is 2. The number of amides is 4. The number of esters is 4. The Bertz CT molecular complexity index is 1450. The number of hydrogen-bond acceptors (Lipinski definition) is 13. The standard InChI is InChI=1S/C28H32N6O12/c1-17-6-7-32-34(17)12-19-4-2-18(3-5-19)8-20-28(42)46-15-23(37)31-10-26(40)44-13-21(35)29-9-25(39)43-14-22(36)30-11-27(41)45-16-24(38)33-20/h2-7,20H,8-16H2,1H3,(H,29,35)(H,30,36)(H,31,37)(H,33,38). The zero-order valence-corrected chi connectivity index (χ0v) is 24.7. The SMILES string of the molecule is Cc1ccnn1Cc1ccc(CC2NC(=O)COC(=O)CNC(=O)COC(=O)CNC(=O)COC(=O)CNC(=O)COC2=O)cc1. The molecule has 18 heteroatoms. The monoisotopic (exact) mass is 644 g/mol. The molecule has 3 rings (SSSR count). The van der Waals surface area contributed by atoms with Gasteiger partial charge in [-0.05, 0) is 24.1 Å². The van der Waals surface area contributed by atoms with Gasteiger partial charge in [-0.15, -0.1) is 0 Å². The van der Waals surface area contributed by atoms with Gasteiger partial charge in [-0.3, -0.25) is 38.2 Å². The predicted molar refractivity (Wildman–Crippen MR) is 151 cm³/mol. The van der Waals surface area contributed by atoms with Crippen molar-refractivity contribution in [3.63, 3.8) is 0 Å². The Morgan fingerprint density at radius 1 is 0.652 bits per heavy atom. The van der Waals surface area contributed by atoms with Crippen molar-refractivity contribution in [3.05, 3.63) is 53.3 Å². The van der Waals surface area contributed by atoms with Gasteiger partial charge >= 0.3 is 23.9 Å². The van der Waals surface area contributed by atoms with Crippen LogP contribution in [0.3, 0.4) is 0 Å². The van der Waals surface area contributed by atoms with Crippen molar-refractivity contribution < 1.29 is 57.3 Å². The van der Waals surface area contributed by atoms with Gasteiger partial charge in [-0.25, -0.2) is 4.79 Å². The van der Waals surface area contributed by atoms with Crippen molar-refractivity contribution in [2.24, 2.45) is 0 Å². The molecular formula is C28H32N6O12. The molecule has 4 amide bonds. The number of aryl methyl sites for hydroxylation is 1. The van der Waals surface area contributed by atoms with Gasteiger partial charge in [0.15, 0.2) is 26.4 Å². The molecule has 0 aliphatic carbocycles. The van der Waals surface area contributed by atoms with Crippen LogP contribution in [0.1, 0.15) is 16.8 Å². The lowest BCUT2D eigenvalue weighted by Crippen LogP contribution is -2.46. The molecule has 1 aromatic heterocycles. The lowest BCUT2D eigenvalue weighted by Gasteiger charge is -2.18. The maximum Gasteiger partial charge on any atom is 0.329 e. The summed E-state index contributed by atoms with van der Waals surface area (Å²) in [6, 6.07) is 7.65. The van der Waals surface area contributed by atoms with Gasteiger partial charge in [-0.2, -0.15) is 5.10 Å². The topological polar surface area (TPSA) is 239 Å². The second kappa shape index (κ2) is 17.5. The van der Waals surface area contributed by atoms with Crippen molar-refractivity contribution in [1.29, 1.82) is 0 Å². The van der Waals surface area contributed by atoms with Gasteiger partial charge in [0.2, 0.25) is 0 Å². The molecule has 1 aliphatic heterocycles. The van der Waals surface area contributed by atoms with Crippen LogP contribution < -0.4 is 21.3 Å². The lowest BCUT2D eigenvalue weighted by molar-refractivity contribution is -0.154. The third-order valence-corrected chi connectivity index (χ3v) is 6.07. The Morgan fingerprint density at radius 2 is 1.11 bits per heavy atom. The largest absolute Gasteiger partial charge is 0.454 e. The van der Waals surface area contributed by atoms with Crippen LogP contribution in [0.25, 0.3) is 0 Å². The quantitative estimate of drug-likeness (QED) is 0.190. The highest BCUT2D eigenvalue weighted by atomic mass is 16.6. The normalized spacial score (nSPS) is 18.8. The summed E-state index contributed by atoms with van der Waals surface area (Å²) in [5.74, 6) is -7.53. The summed E-state index contributed by atoms with van der Waals surface area (Å²) in [7, 11) is 0. The second-order valence-corrected chi connectivity index (χ2v) is 9.69. The first kappa shape index (κ1) is 34.7. The summed E-state index contributed by atoms with van der Waals surface area (Å²) in [4.78, 5) is 96.7. The Labute approximate surface area is 261 Å². The minimum atomic E-state index is -1.32. The molecule has 2 aromatic rings. The number of ether oxygens (including phenoxy) is 4. The number of cyclic esters (lactones) is 4. The summed E-state index contributed by atoms with van der Waals surface area (Å²) in [5.41, 5.74) is 2.51. The number of benzene rings is 1. The van der Waals surface area contributed by atoms with Gasteiger partial charge in [-0.1, -0.05) is 24.3 Å². The molecule has 4 N–H and O–H groups in total. The van der Waals surface area contributed by atoms with Crippen LogP contribution in [-0.4, -0.2) is 109 Å². The van der Waals surface area contributed by atoms with Crippen molar-refractivity contribution in [3.8, 4) is 0 Å². The first-order chi connectivity index (χ1) is 22.0. The van der Waals surface area contributed by atoms with E-state index in [1.165, 1.54) is 0 Å². The Hall–Kier alpha value is -5.81. The molecular weight excluding hydrogens is 612 g/mol. The zero-order chi connectivity index (χ0) is 33.5. The van der Waals surface area contributed by atoms with Crippen molar-refractivity contribution in [1.82, 2.24) is 31.0 Å². The van der Waals surface area contributed by atoms with Gasteiger partial charge in [0.25, 0.3) is 23.6 Å². The highest BCUT2D eigenvalue weighted by Crippen LogP contribution is 2.11. The number of carbonyl (C=O) groups is 8. The van der Waals surface area contributed by atoms with Crippen LogP contribution in [0.4, 0.5) is 0 Å². The minimum Gasteiger partial charge on any atom is -0.454 e. The van der Waals surface area contributed by atoms with Crippen LogP contribution in [0.5, 0.6) is 0 Å². The van der Waals surface area contributed by atoms with Crippen LogP contribution in [0.2, 0.25) is 0 Å². The summed E-state index contributed by atoms with van der Waals surface area (Å²) < 4.78 is 21.0. The van der Waals surface area contributed by atoms with E-state index in [2.05, 4.69) is 35.8 Å². The maximum absolute atomic E-state index is 12.9. The molecule has 1 saturated heterocycles. The fourth-order valence-electron chi connectivity index (χ4n) is 3.68. The number of rotatable bonds is 4. The molecule has 1 atom stereocenters. The third kappa shape index (κ3) is 12.4. The molecule has 2 heterocycles. The van der Waals surface area contributed by atoms with E-state index in [1.54, 1.807) is 23.0 Å². The average molecular weight is 645 g/mol. The van der Waals surface area contributed by atoms with E-state index in [4.69, 9.17) is 9.47 Å². The van der Waals surface area contributed by atoms with E-state index < -0.39 is 99.6 Å². The van der Waals surface area contributed by atoms with Crippen LogP contribution in [0.15, 0.2) is 36.5 Å². The number of nitrogens with one attached hydrogen (secondary N) is 4. The highest BCUT2D eigenvalue weighted by Gasteiger charge is 2.25. The summed E-state index contributed by atoms with van der Waals surface area (Å²) in [6.45, 7) is -2.78. The van der Waals surface area contributed by atoms with Gasteiger partial charge in [0, 0.05) is 18.3 Å². The predicted octanol–water partition coefficient (Wildman–Crippen LogP) is -3.20. The molecule has 1 aromatic carbocycles. The zero-order valence-electron chi connectivity index (χ0n) is 24.7. The molecule has 1 fully saturated rings. The Morgan fingerprint density at radius 3 is 1.59 bits per heavy atom. The first-order valence-electron chi connectivity index (χ1n) is 13.8. The lowest BCUT2D eigenvalue weighted by atomic mass is 10.0. The van der Waals surface area contributed by atoms with Gasteiger partial charge < -0.3 is 40.2 Å². The van der Waals surface area contributed by atoms with Crippen molar-refractivity contribution in [2.45, 2.75) is 25.9 Å². The van der Waals surface area contributed by atoms with E-state index in [1.807, 2.05) is 25.1 Å². The van der Waals surface area contributed by atoms with Crippen LogP contribution >= 0.6 is 0 Å². The molecule has 1 aliphatic rings. The van der Waals surface area contributed by atoms with E-state index >= 15 is 0 Å². The van der Waals surface area contributed by atoms with Crippen molar-refractivity contribution in [2.75, 3.05) is 46.1 Å². The molecule has 0 spiro atoms. The fraction of sp³-hybridized carbons (Fsp3) is 0.393. The number of nitrogens with zero attached hydrogens (tertiary/aromatic N) is 2. The molecule has 46 heavy (non-hydrogen) atoms. The Kier molecular flexibility index (Phi) is 13.2. The van der Waals surface area contributed by atoms with Gasteiger partial charge in [0.05, 0.1) is 6.54 Å². The minimum absolute atomic E-state index is 0.0651. The number of carbonyl (C=O) groups excluding carboxylic acids is 8. The van der Waals surface area contributed by atoms with E-state index in [0.29, 0.717) is 12.1 Å². The number of hydrogen-bond donors (Lipinski definition) is 4. The molecule has 18 nitrogen and oxygen atoms in total. The second-order valence-electron chi connectivity index (χ2n) is 9.69. The Balaban J connectivity index is 1.65. The molecule has 246 valence electrons. The summed E-state index contributed by atoms with van der Waals surface area (Å²) in [6.07, 6.45) is 1.62. The average Bonchev–Trinajstić information content (AvgIpc) is 3.44. The molecule has 0 radical (unpaired) electrons. The third-order valence-electron chi connectivity index (χ3n) is 6.07. The van der Waals surface area contributed by atoms with Crippen molar-refractivity contribution >= 4 is 47.5 Å². The van der Waals surface area contributed by atoms with Crippen LogP contribution in [0, 0.1) is 6.92 Å².